The molecule has 0 aromatic rings. The van der Waals surface area contributed by atoms with E-state index in [-0.39, 0.29) is 19.2 Å². The summed E-state index contributed by atoms with van der Waals surface area (Å²) in [5, 5.41) is 8.83. The highest BCUT2D eigenvalue weighted by Gasteiger charge is 2.26. The number of methoxy groups -OCH3 is 1. The van der Waals surface area contributed by atoms with Crippen LogP contribution in [0.15, 0.2) is 0 Å². The van der Waals surface area contributed by atoms with Gasteiger partial charge in [-0.1, -0.05) is 13.8 Å². The van der Waals surface area contributed by atoms with E-state index in [2.05, 4.69) is 4.74 Å². The molecule has 0 aromatic heterocycles. The van der Waals surface area contributed by atoms with Gasteiger partial charge in [-0.3, -0.25) is 4.79 Å². The Labute approximate surface area is 90.0 Å². The lowest BCUT2D eigenvalue weighted by molar-refractivity contribution is -0.159. The van der Waals surface area contributed by atoms with Crippen LogP contribution in [-0.2, 0) is 14.3 Å². The Hall–Kier alpha value is -1.10. The zero-order chi connectivity index (χ0) is 11.8. The van der Waals surface area contributed by atoms with Crippen molar-refractivity contribution in [1.29, 1.82) is 0 Å². The first-order valence-electron chi connectivity index (χ1n) is 5.12. The van der Waals surface area contributed by atoms with E-state index in [1.807, 2.05) is 13.8 Å². The highest BCUT2D eigenvalue weighted by Crippen LogP contribution is 2.08. The fraction of sp³-hybridized carbons (Fsp3) is 0.800. The summed E-state index contributed by atoms with van der Waals surface area (Å²) in [6.45, 7) is 3.88. The summed E-state index contributed by atoms with van der Waals surface area (Å²) < 4.78 is 4.37. The van der Waals surface area contributed by atoms with Crippen LogP contribution in [0.25, 0.3) is 0 Å². The number of carbonyl (C=O) groups excluding carboxylic acids is 2. The molecular weight excluding hydrogens is 198 g/mol. The first-order valence-corrected chi connectivity index (χ1v) is 5.12. The number of hydrogen-bond donors (Lipinski definition) is 1. The molecule has 1 amide bonds. The molecule has 15 heavy (non-hydrogen) atoms. The van der Waals surface area contributed by atoms with Gasteiger partial charge in [0.15, 0.2) is 0 Å². The number of amides is 1. The number of nitrogens with zero attached hydrogens (tertiary/aromatic N) is 1. The number of esters is 1. The van der Waals surface area contributed by atoms with Crippen LogP contribution < -0.4 is 0 Å². The van der Waals surface area contributed by atoms with E-state index in [1.165, 1.54) is 12.0 Å². The smallest absolute Gasteiger partial charge is 0.396 e. The van der Waals surface area contributed by atoms with Crippen LogP contribution in [0.2, 0.25) is 0 Å². The van der Waals surface area contributed by atoms with Gasteiger partial charge in [0.25, 0.3) is 0 Å². The molecule has 5 nitrogen and oxygen atoms in total. The van der Waals surface area contributed by atoms with Crippen molar-refractivity contribution in [3.8, 4) is 0 Å². The van der Waals surface area contributed by atoms with Crippen molar-refractivity contribution in [1.82, 2.24) is 4.90 Å². The summed E-state index contributed by atoms with van der Waals surface area (Å²) in [5.41, 5.74) is 0. The van der Waals surface area contributed by atoms with Gasteiger partial charge < -0.3 is 14.7 Å². The van der Waals surface area contributed by atoms with Gasteiger partial charge in [0, 0.05) is 12.6 Å². The van der Waals surface area contributed by atoms with Crippen molar-refractivity contribution in [3.63, 3.8) is 0 Å². The minimum absolute atomic E-state index is 0.0243. The molecule has 0 aliphatic rings. The maximum Gasteiger partial charge on any atom is 0.396 e. The van der Waals surface area contributed by atoms with Gasteiger partial charge in [-0.15, -0.1) is 0 Å². The van der Waals surface area contributed by atoms with Gasteiger partial charge >= 0.3 is 11.9 Å². The molecule has 0 radical (unpaired) electrons. The van der Waals surface area contributed by atoms with Crippen LogP contribution in [0.3, 0.4) is 0 Å². The summed E-state index contributed by atoms with van der Waals surface area (Å²) in [6.07, 6.45) is 1.50. The molecule has 0 bridgehead atoms. The van der Waals surface area contributed by atoms with E-state index in [0.29, 0.717) is 0 Å². The molecule has 0 fully saturated rings. The zero-order valence-corrected chi connectivity index (χ0v) is 9.52. The summed E-state index contributed by atoms with van der Waals surface area (Å²) in [5.74, 6) is -1.56. The molecule has 0 saturated carbocycles. The van der Waals surface area contributed by atoms with Crippen LogP contribution in [0.5, 0.6) is 0 Å². The van der Waals surface area contributed by atoms with Gasteiger partial charge in [-0.2, -0.15) is 0 Å². The number of rotatable bonds is 5. The van der Waals surface area contributed by atoms with Crippen molar-refractivity contribution in [2.24, 2.45) is 0 Å². The largest absolute Gasteiger partial charge is 0.462 e. The Kier molecular flexibility index (Phi) is 6.70. The average Bonchev–Trinajstić information content (AvgIpc) is 2.27. The second-order valence-electron chi connectivity index (χ2n) is 3.18. The Morgan fingerprint density at radius 2 is 1.87 bits per heavy atom. The number of aliphatic hydroxyl groups is 1. The molecule has 0 rings (SSSR count). The van der Waals surface area contributed by atoms with E-state index < -0.39 is 11.9 Å². The molecule has 0 atom stereocenters. The number of carbonyl (C=O) groups is 2. The molecule has 0 unspecified atom stereocenters. The zero-order valence-electron chi connectivity index (χ0n) is 9.52. The van der Waals surface area contributed by atoms with Crippen molar-refractivity contribution in [2.75, 3.05) is 20.3 Å². The van der Waals surface area contributed by atoms with Gasteiger partial charge in [-0.25, -0.2) is 4.79 Å². The average molecular weight is 217 g/mol. The maximum absolute atomic E-state index is 11.6. The van der Waals surface area contributed by atoms with Crippen molar-refractivity contribution in [2.45, 2.75) is 32.7 Å². The van der Waals surface area contributed by atoms with E-state index in [9.17, 15) is 9.59 Å². The lowest BCUT2D eigenvalue weighted by Gasteiger charge is -2.28. The Morgan fingerprint density at radius 3 is 2.20 bits per heavy atom. The van der Waals surface area contributed by atoms with Crippen molar-refractivity contribution < 1.29 is 19.4 Å². The number of hydrogen-bond acceptors (Lipinski definition) is 4. The monoisotopic (exact) mass is 217 g/mol. The highest BCUT2D eigenvalue weighted by atomic mass is 16.5. The molecule has 1 N–H and O–H groups in total. The SMILES string of the molecule is CCC(CC)N(CCO)C(=O)C(=O)OC. The third-order valence-electron chi connectivity index (χ3n) is 2.35. The van der Waals surface area contributed by atoms with Crippen LogP contribution in [-0.4, -0.2) is 48.2 Å². The predicted molar refractivity (Wildman–Crippen MR) is 55.2 cm³/mol. The molecule has 88 valence electrons. The van der Waals surface area contributed by atoms with Crippen molar-refractivity contribution in [3.05, 3.63) is 0 Å². The Balaban J connectivity index is 4.62. The molecule has 0 aliphatic carbocycles. The second kappa shape index (κ2) is 7.23. The van der Waals surface area contributed by atoms with Crippen LogP contribution in [0.4, 0.5) is 0 Å². The molecule has 5 heteroatoms. The normalized spacial score (nSPS) is 10.2. The van der Waals surface area contributed by atoms with Crippen LogP contribution >= 0.6 is 0 Å². The van der Waals surface area contributed by atoms with Crippen molar-refractivity contribution >= 4 is 11.9 Å². The lowest BCUT2D eigenvalue weighted by atomic mass is 10.1. The second-order valence-corrected chi connectivity index (χ2v) is 3.18. The predicted octanol–water partition coefficient (Wildman–Crippen LogP) is 0.169. The van der Waals surface area contributed by atoms with Crippen LogP contribution in [0.1, 0.15) is 26.7 Å². The minimum Gasteiger partial charge on any atom is -0.462 e. The number of aliphatic hydroxyl groups excluding tert-OH is 1. The minimum atomic E-state index is -0.879. The fourth-order valence-electron chi connectivity index (χ4n) is 1.49. The quantitative estimate of drug-likeness (QED) is 0.526. The summed E-state index contributed by atoms with van der Waals surface area (Å²) in [4.78, 5) is 24.0. The third kappa shape index (κ3) is 3.87. The molecule has 0 spiro atoms. The van der Waals surface area contributed by atoms with Gasteiger partial charge in [0.2, 0.25) is 0 Å². The third-order valence-corrected chi connectivity index (χ3v) is 2.35. The van der Waals surface area contributed by atoms with E-state index in [0.717, 1.165) is 12.8 Å². The highest BCUT2D eigenvalue weighted by molar-refractivity contribution is 6.32. The Bertz CT molecular complexity index is 213. The van der Waals surface area contributed by atoms with Gasteiger partial charge in [-0.05, 0) is 12.8 Å². The summed E-state index contributed by atoms with van der Waals surface area (Å²) in [7, 11) is 1.17. The molecular formula is C10H19NO4. The molecule has 0 saturated heterocycles. The molecule has 0 aliphatic heterocycles. The first kappa shape index (κ1) is 13.9. The summed E-state index contributed by atoms with van der Waals surface area (Å²) in [6, 6.07) is -0.0243. The molecule has 0 aromatic carbocycles. The lowest BCUT2D eigenvalue weighted by Crippen LogP contribution is -2.45. The standard InChI is InChI=1S/C10H19NO4/c1-4-8(5-2)11(6-7-12)9(13)10(14)15-3/h8,12H,4-7H2,1-3H3. The van der Waals surface area contributed by atoms with E-state index in [1.54, 1.807) is 0 Å². The van der Waals surface area contributed by atoms with Gasteiger partial charge in [0.05, 0.1) is 13.7 Å². The summed E-state index contributed by atoms with van der Waals surface area (Å²) >= 11 is 0. The van der Waals surface area contributed by atoms with E-state index in [4.69, 9.17) is 5.11 Å². The first-order chi connectivity index (χ1) is 7.12. The number of ether oxygens (including phenoxy) is 1. The topological polar surface area (TPSA) is 66.8 Å². The fourth-order valence-corrected chi connectivity index (χ4v) is 1.49. The van der Waals surface area contributed by atoms with E-state index >= 15 is 0 Å². The molecule has 0 heterocycles. The van der Waals surface area contributed by atoms with Crippen LogP contribution in [0, 0.1) is 0 Å². The Morgan fingerprint density at radius 1 is 1.33 bits per heavy atom. The maximum atomic E-state index is 11.6. The van der Waals surface area contributed by atoms with Gasteiger partial charge in [0.1, 0.15) is 0 Å².